The van der Waals surface area contributed by atoms with Gasteiger partial charge in [0.2, 0.25) is 5.91 Å². The average Bonchev–Trinajstić information content (AvgIpc) is 3.15. The highest BCUT2D eigenvalue weighted by molar-refractivity contribution is 7.98. The van der Waals surface area contributed by atoms with Gasteiger partial charge >= 0.3 is 0 Å². The molecule has 1 amide bonds. The van der Waals surface area contributed by atoms with E-state index in [0.29, 0.717) is 16.6 Å². The maximum absolute atomic E-state index is 12.4. The SMILES string of the molecule is COc1ccccc1N(C(C)=O)c1nc(CSc2c(C)c(C)cc(C)c2C)cs1. The number of benzene rings is 2. The molecule has 0 saturated heterocycles. The van der Waals surface area contributed by atoms with Crippen molar-refractivity contribution in [3.05, 3.63) is 63.7 Å². The number of anilines is 2. The Bertz CT molecular complexity index is 1020. The lowest BCUT2D eigenvalue weighted by atomic mass is 10.0. The van der Waals surface area contributed by atoms with Crippen molar-refractivity contribution in [1.29, 1.82) is 0 Å². The number of carbonyl (C=O) groups excluding carboxylic acids is 1. The van der Waals surface area contributed by atoms with Crippen LogP contribution in [0.3, 0.4) is 0 Å². The Morgan fingerprint density at radius 1 is 1.14 bits per heavy atom. The number of amides is 1. The monoisotopic (exact) mass is 426 g/mol. The lowest BCUT2D eigenvalue weighted by Gasteiger charge is -2.20. The number of para-hydroxylation sites is 2. The Morgan fingerprint density at radius 2 is 1.79 bits per heavy atom. The van der Waals surface area contributed by atoms with Crippen LogP contribution in [0.1, 0.15) is 34.9 Å². The molecule has 0 aliphatic carbocycles. The van der Waals surface area contributed by atoms with Crippen LogP contribution in [-0.2, 0) is 10.5 Å². The van der Waals surface area contributed by atoms with Crippen LogP contribution >= 0.6 is 23.1 Å². The second-order valence-corrected chi connectivity index (χ2v) is 8.85. The third-order valence-electron chi connectivity index (χ3n) is 5.03. The summed E-state index contributed by atoms with van der Waals surface area (Å²) in [5, 5.41) is 2.69. The fourth-order valence-corrected chi connectivity index (χ4v) is 5.41. The van der Waals surface area contributed by atoms with Crippen LogP contribution in [0.25, 0.3) is 0 Å². The molecular weight excluding hydrogens is 400 g/mol. The summed E-state index contributed by atoms with van der Waals surface area (Å²) < 4.78 is 5.44. The molecular formula is C23H26N2O2S2. The third-order valence-corrected chi connectivity index (χ3v) is 7.25. The van der Waals surface area contributed by atoms with Crippen molar-refractivity contribution in [2.24, 2.45) is 0 Å². The predicted molar refractivity (Wildman–Crippen MR) is 123 cm³/mol. The van der Waals surface area contributed by atoms with Gasteiger partial charge < -0.3 is 4.74 Å². The van der Waals surface area contributed by atoms with Crippen molar-refractivity contribution in [1.82, 2.24) is 4.98 Å². The van der Waals surface area contributed by atoms with Gasteiger partial charge in [-0.1, -0.05) is 18.2 Å². The van der Waals surface area contributed by atoms with E-state index < -0.39 is 0 Å². The first-order valence-electron chi connectivity index (χ1n) is 9.41. The Labute approximate surface area is 180 Å². The van der Waals surface area contributed by atoms with Crippen LogP contribution in [-0.4, -0.2) is 18.0 Å². The van der Waals surface area contributed by atoms with E-state index in [9.17, 15) is 4.79 Å². The summed E-state index contributed by atoms with van der Waals surface area (Å²) >= 11 is 3.28. The number of carbonyl (C=O) groups is 1. The number of hydrogen-bond donors (Lipinski definition) is 0. The van der Waals surface area contributed by atoms with Gasteiger partial charge in [0.05, 0.1) is 18.5 Å². The van der Waals surface area contributed by atoms with Crippen LogP contribution in [0.2, 0.25) is 0 Å². The summed E-state index contributed by atoms with van der Waals surface area (Å²) in [6.45, 7) is 10.2. The molecule has 29 heavy (non-hydrogen) atoms. The number of rotatable bonds is 6. The third kappa shape index (κ3) is 4.49. The van der Waals surface area contributed by atoms with Crippen LogP contribution in [0, 0.1) is 27.7 Å². The predicted octanol–water partition coefficient (Wildman–Crippen LogP) is 6.36. The molecule has 0 bridgehead atoms. The highest BCUT2D eigenvalue weighted by Gasteiger charge is 2.21. The van der Waals surface area contributed by atoms with Gasteiger partial charge in [0.1, 0.15) is 5.75 Å². The van der Waals surface area contributed by atoms with E-state index in [1.807, 2.05) is 41.4 Å². The van der Waals surface area contributed by atoms with Crippen molar-refractivity contribution in [2.45, 2.75) is 45.3 Å². The van der Waals surface area contributed by atoms with Crippen molar-refractivity contribution in [2.75, 3.05) is 12.0 Å². The highest BCUT2D eigenvalue weighted by atomic mass is 32.2. The van der Waals surface area contributed by atoms with E-state index in [2.05, 4.69) is 33.8 Å². The smallest absolute Gasteiger partial charge is 0.230 e. The largest absolute Gasteiger partial charge is 0.495 e. The molecule has 2 aromatic carbocycles. The summed E-state index contributed by atoms with van der Waals surface area (Å²) in [7, 11) is 1.61. The molecule has 0 atom stereocenters. The standard InChI is InChI=1S/C23H26N2O2S2/c1-14-11-15(2)17(4)22(16(14)3)28-12-19-13-29-23(24-19)25(18(5)26)20-9-7-8-10-21(20)27-6/h7-11,13H,12H2,1-6H3. The van der Waals surface area contributed by atoms with Gasteiger partial charge in [0.25, 0.3) is 0 Å². The number of ether oxygens (including phenoxy) is 1. The first-order chi connectivity index (χ1) is 13.8. The summed E-state index contributed by atoms with van der Waals surface area (Å²) in [5.41, 5.74) is 6.95. The first kappa shape index (κ1) is 21.4. The molecule has 3 rings (SSSR count). The number of methoxy groups -OCH3 is 1. The maximum atomic E-state index is 12.4. The summed E-state index contributed by atoms with van der Waals surface area (Å²) in [4.78, 5) is 20.1. The molecule has 0 aliphatic rings. The number of aryl methyl sites for hydroxylation is 2. The fraction of sp³-hybridized carbons (Fsp3) is 0.304. The van der Waals surface area contributed by atoms with E-state index in [1.165, 1.54) is 38.5 Å². The Morgan fingerprint density at radius 3 is 2.41 bits per heavy atom. The van der Waals surface area contributed by atoms with Crippen LogP contribution < -0.4 is 9.64 Å². The maximum Gasteiger partial charge on any atom is 0.230 e. The van der Waals surface area contributed by atoms with E-state index in [-0.39, 0.29) is 5.91 Å². The molecule has 3 aromatic rings. The zero-order valence-electron chi connectivity index (χ0n) is 17.7. The first-order valence-corrected chi connectivity index (χ1v) is 11.3. The Balaban J connectivity index is 1.86. The lowest BCUT2D eigenvalue weighted by molar-refractivity contribution is -0.115. The van der Waals surface area contributed by atoms with Gasteiger partial charge in [-0.05, 0) is 62.1 Å². The van der Waals surface area contributed by atoms with Gasteiger partial charge in [-0.3, -0.25) is 9.69 Å². The van der Waals surface area contributed by atoms with Gasteiger partial charge in [-0.25, -0.2) is 4.98 Å². The number of thiazole rings is 1. The fourth-order valence-electron chi connectivity index (χ4n) is 3.23. The Kier molecular flexibility index (Phi) is 6.65. The van der Waals surface area contributed by atoms with E-state index in [4.69, 9.17) is 9.72 Å². The van der Waals surface area contributed by atoms with Gasteiger partial charge in [0.15, 0.2) is 5.13 Å². The minimum absolute atomic E-state index is 0.0935. The van der Waals surface area contributed by atoms with Gasteiger partial charge in [-0.15, -0.1) is 23.1 Å². The number of thioether (sulfide) groups is 1. The molecule has 4 nitrogen and oxygen atoms in total. The molecule has 6 heteroatoms. The highest BCUT2D eigenvalue weighted by Crippen LogP contribution is 2.37. The van der Waals surface area contributed by atoms with Crippen molar-refractivity contribution >= 4 is 39.8 Å². The topological polar surface area (TPSA) is 42.4 Å². The molecule has 0 aliphatic heterocycles. The molecule has 0 saturated carbocycles. The van der Waals surface area contributed by atoms with Gasteiger partial charge in [0, 0.05) is 23.0 Å². The van der Waals surface area contributed by atoms with Crippen molar-refractivity contribution in [3.8, 4) is 5.75 Å². The molecule has 0 N–H and O–H groups in total. The minimum atomic E-state index is -0.0935. The number of aromatic nitrogens is 1. The molecule has 152 valence electrons. The molecule has 0 unspecified atom stereocenters. The number of nitrogens with zero attached hydrogens (tertiary/aromatic N) is 2. The molecule has 0 radical (unpaired) electrons. The van der Waals surface area contributed by atoms with Gasteiger partial charge in [-0.2, -0.15) is 0 Å². The van der Waals surface area contributed by atoms with Crippen molar-refractivity contribution < 1.29 is 9.53 Å². The second-order valence-electron chi connectivity index (χ2n) is 7.03. The van der Waals surface area contributed by atoms with Crippen LogP contribution in [0.5, 0.6) is 5.75 Å². The molecule has 1 aromatic heterocycles. The van der Waals surface area contributed by atoms with E-state index in [0.717, 1.165) is 11.4 Å². The average molecular weight is 427 g/mol. The quantitative estimate of drug-likeness (QED) is 0.430. The zero-order valence-corrected chi connectivity index (χ0v) is 19.3. The zero-order chi connectivity index (χ0) is 21.1. The normalized spacial score (nSPS) is 10.8. The number of hydrogen-bond acceptors (Lipinski definition) is 5. The van der Waals surface area contributed by atoms with Crippen molar-refractivity contribution in [3.63, 3.8) is 0 Å². The second kappa shape index (κ2) is 9.01. The minimum Gasteiger partial charge on any atom is -0.495 e. The van der Waals surface area contributed by atoms with E-state index in [1.54, 1.807) is 18.9 Å². The van der Waals surface area contributed by atoms with Crippen LogP contribution in [0.15, 0.2) is 40.6 Å². The summed E-state index contributed by atoms with van der Waals surface area (Å²) in [6.07, 6.45) is 0. The van der Waals surface area contributed by atoms with Crippen LogP contribution in [0.4, 0.5) is 10.8 Å². The lowest BCUT2D eigenvalue weighted by Crippen LogP contribution is -2.23. The van der Waals surface area contributed by atoms with E-state index >= 15 is 0 Å². The molecule has 0 spiro atoms. The molecule has 1 heterocycles. The summed E-state index contributed by atoms with van der Waals surface area (Å²) in [6, 6.07) is 9.75. The molecule has 0 fully saturated rings. The summed E-state index contributed by atoms with van der Waals surface area (Å²) in [5.74, 6) is 1.32. The Hall–Kier alpha value is -2.31.